The molecule has 2 rings (SSSR count). The zero-order valence-electron chi connectivity index (χ0n) is 12.5. The molecule has 1 fully saturated rings. The van der Waals surface area contributed by atoms with Crippen LogP contribution in [0.25, 0.3) is 0 Å². The number of hydrogen-bond acceptors (Lipinski definition) is 7. The molecule has 0 saturated carbocycles. The van der Waals surface area contributed by atoms with Crippen LogP contribution in [0.1, 0.15) is 19.8 Å². The van der Waals surface area contributed by atoms with Gasteiger partial charge in [-0.3, -0.25) is 0 Å². The van der Waals surface area contributed by atoms with Gasteiger partial charge in [-0.05, 0) is 25.7 Å². The third-order valence-electron chi connectivity index (χ3n) is 3.22. The molecule has 0 amide bonds. The van der Waals surface area contributed by atoms with Crippen molar-refractivity contribution in [1.82, 2.24) is 15.0 Å². The lowest BCUT2D eigenvalue weighted by Crippen LogP contribution is -2.18. The first-order chi connectivity index (χ1) is 9.69. The second-order valence-corrected chi connectivity index (χ2v) is 5.15. The topological polar surface area (TPSA) is 75.2 Å². The molecule has 0 radical (unpaired) electrons. The van der Waals surface area contributed by atoms with Gasteiger partial charge in [-0.1, -0.05) is 0 Å². The summed E-state index contributed by atoms with van der Waals surface area (Å²) in [6.07, 6.45) is 2.24. The molecule has 1 aromatic heterocycles. The first kappa shape index (κ1) is 14.8. The lowest BCUT2D eigenvalue weighted by molar-refractivity contribution is 0.185. The minimum atomic E-state index is 0.609. The fraction of sp³-hybridized carbons (Fsp3) is 0.769. The molecule has 0 aromatic carbocycles. The van der Waals surface area contributed by atoms with E-state index in [1.165, 1.54) is 0 Å². The molecule has 0 bridgehead atoms. The van der Waals surface area contributed by atoms with E-state index in [1.807, 2.05) is 25.9 Å². The predicted octanol–water partition coefficient (Wildman–Crippen LogP) is 1.21. The summed E-state index contributed by atoms with van der Waals surface area (Å²) in [7, 11) is 3.84. The molecule has 0 spiro atoms. The molecule has 1 saturated heterocycles. The Labute approximate surface area is 120 Å². The predicted molar refractivity (Wildman–Crippen MR) is 80.4 cm³/mol. The summed E-state index contributed by atoms with van der Waals surface area (Å²) >= 11 is 0. The largest absolute Gasteiger partial charge is 0.381 e. The average molecular weight is 280 g/mol. The molecule has 1 unspecified atom stereocenters. The molecule has 7 heteroatoms. The van der Waals surface area contributed by atoms with E-state index in [2.05, 4.69) is 25.6 Å². The summed E-state index contributed by atoms with van der Waals surface area (Å²) in [6.45, 7) is 5.44. The van der Waals surface area contributed by atoms with Crippen molar-refractivity contribution in [3.8, 4) is 0 Å². The standard InChI is InChI=1S/C13H24N6O/c1-4-14-11-16-12(18-13(17-11)19(2)3)15-7-5-10-6-8-20-9-10/h10H,4-9H2,1-3H3,(H2,14,15,16,17,18). The normalized spacial score (nSPS) is 18.1. The Bertz CT molecular complexity index is 419. The SMILES string of the molecule is CCNc1nc(NCCC2CCOC2)nc(N(C)C)n1. The van der Waals surface area contributed by atoms with Crippen LogP contribution in [0, 0.1) is 5.92 Å². The Morgan fingerprint density at radius 2 is 1.95 bits per heavy atom. The van der Waals surface area contributed by atoms with Crippen LogP contribution < -0.4 is 15.5 Å². The van der Waals surface area contributed by atoms with Crippen LogP contribution in [0.2, 0.25) is 0 Å². The van der Waals surface area contributed by atoms with Gasteiger partial charge in [0.05, 0.1) is 0 Å². The van der Waals surface area contributed by atoms with Crippen LogP contribution in [0.15, 0.2) is 0 Å². The third-order valence-corrected chi connectivity index (χ3v) is 3.22. The van der Waals surface area contributed by atoms with Crippen molar-refractivity contribution in [1.29, 1.82) is 0 Å². The van der Waals surface area contributed by atoms with E-state index in [4.69, 9.17) is 4.74 Å². The van der Waals surface area contributed by atoms with E-state index in [9.17, 15) is 0 Å². The number of anilines is 3. The zero-order chi connectivity index (χ0) is 14.4. The highest BCUT2D eigenvalue weighted by Gasteiger charge is 2.15. The first-order valence-electron chi connectivity index (χ1n) is 7.18. The summed E-state index contributed by atoms with van der Waals surface area (Å²) < 4.78 is 5.38. The van der Waals surface area contributed by atoms with Gasteiger partial charge in [-0.2, -0.15) is 15.0 Å². The molecule has 2 N–H and O–H groups in total. The maximum Gasteiger partial charge on any atom is 0.231 e. The van der Waals surface area contributed by atoms with E-state index in [-0.39, 0.29) is 0 Å². The summed E-state index contributed by atoms with van der Waals surface area (Å²) in [4.78, 5) is 15.0. The monoisotopic (exact) mass is 280 g/mol. The average Bonchev–Trinajstić information content (AvgIpc) is 2.92. The first-order valence-corrected chi connectivity index (χ1v) is 7.18. The Morgan fingerprint density at radius 1 is 1.20 bits per heavy atom. The highest BCUT2D eigenvalue weighted by atomic mass is 16.5. The molecule has 1 aliphatic rings. The van der Waals surface area contributed by atoms with Gasteiger partial charge in [-0.25, -0.2) is 0 Å². The highest BCUT2D eigenvalue weighted by Crippen LogP contribution is 2.16. The maximum atomic E-state index is 5.38. The second-order valence-electron chi connectivity index (χ2n) is 5.15. The Kier molecular flexibility index (Phi) is 5.34. The highest BCUT2D eigenvalue weighted by molar-refractivity contribution is 5.42. The summed E-state index contributed by atoms with van der Waals surface area (Å²) in [6, 6.07) is 0. The molecular weight excluding hydrogens is 256 g/mol. The van der Waals surface area contributed by atoms with Gasteiger partial charge in [0, 0.05) is 40.4 Å². The van der Waals surface area contributed by atoms with E-state index in [0.29, 0.717) is 23.8 Å². The molecular formula is C13H24N6O. The van der Waals surface area contributed by atoms with Crippen LogP contribution in [0.3, 0.4) is 0 Å². The summed E-state index contributed by atoms with van der Waals surface area (Å²) in [5.41, 5.74) is 0. The van der Waals surface area contributed by atoms with Crippen molar-refractivity contribution < 1.29 is 4.74 Å². The fourth-order valence-electron chi connectivity index (χ4n) is 2.08. The molecule has 20 heavy (non-hydrogen) atoms. The lowest BCUT2D eigenvalue weighted by Gasteiger charge is -2.14. The number of rotatable bonds is 7. The van der Waals surface area contributed by atoms with Crippen LogP contribution in [-0.4, -0.2) is 55.4 Å². The quantitative estimate of drug-likeness (QED) is 0.777. The van der Waals surface area contributed by atoms with E-state index < -0.39 is 0 Å². The maximum absolute atomic E-state index is 5.38. The fourth-order valence-corrected chi connectivity index (χ4v) is 2.08. The van der Waals surface area contributed by atoms with Crippen LogP contribution in [0.5, 0.6) is 0 Å². The van der Waals surface area contributed by atoms with Crippen molar-refractivity contribution in [2.75, 3.05) is 55.9 Å². The third kappa shape index (κ3) is 4.19. The molecule has 1 atom stereocenters. The minimum absolute atomic E-state index is 0.609. The Balaban J connectivity index is 1.94. The van der Waals surface area contributed by atoms with E-state index in [1.54, 1.807) is 0 Å². The molecule has 7 nitrogen and oxygen atoms in total. The van der Waals surface area contributed by atoms with Crippen LogP contribution >= 0.6 is 0 Å². The number of hydrogen-bond donors (Lipinski definition) is 2. The van der Waals surface area contributed by atoms with Gasteiger partial charge in [0.1, 0.15) is 0 Å². The van der Waals surface area contributed by atoms with Gasteiger partial charge >= 0.3 is 0 Å². The zero-order valence-corrected chi connectivity index (χ0v) is 12.5. The van der Waals surface area contributed by atoms with Gasteiger partial charge in [-0.15, -0.1) is 0 Å². The second kappa shape index (κ2) is 7.23. The van der Waals surface area contributed by atoms with Gasteiger partial charge < -0.3 is 20.3 Å². The van der Waals surface area contributed by atoms with Crippen molar-refractivity contribution in [3.63, 3.8) is 0 Å². The number of nitrogens with zero attached hydrogens (tertiary/aromatic N) is 4. The summed E-state index contributed by atoms with van der Waals surface area (Å²) in [5.74, 6) is 2.55. The van der Waals surface area contributed by atoms with Crippen molar-refractivity contribution in [2.24, 2.45) is 5.92 Å². The van der Waals surface area contributed by atoms with Gasteiger partial charge in [0.25, 0.3) is 0 Å². The number of ether oxygens (including phenoxy) is 1. The Hall–Kier alpha value is -1.63. The van der Waals surface area contributed by atoms with Crippen molar-refractivity contribution >= 4 is 17.8 Å². The van der Waals surface area contributed by atoms with Gasteiger partial charge in [0.15, 0.2) is 0 Å². The molecule has 112 valence electrons. The van der Waals surface area contributed by atoms with Crippen molar-refractivity contribution in [2.45, 2.75) is 19.8 Å². The molecule has 1 aliphatic heterocycles. The molecule has 2 heterocycles. The minimum Gasteiger partial charge on any atom is -0.381 e. The number of aromatic nitrogens is 3. The summed E-state index contributed by atoms with van der Waals surface area (Å²) in [5, 5.41) is 6.41. The van der Waals surface area contributed by atoms with Crippen LogP contribution in [-0.2, 0) is 4.74 Å². The van der Waals surface area contributed by atoms with E-state index >= 15 is 0 Å². The molecule has 1 aromatic rings. The van der Waals surface area contributed by atoms with Crippen molar-refractivity contribution in [3.05, 3.63) is 0 Å². The number of nitrogens with one attached hydrogen (secondary N) is 2. The van der Waals surface area contributed by atoms with Gasteiger partial charge in [0.2, 0.25) is 17.8 Å². The van der Waals surface area contributed by atoms with E-state index in [0.717, 1.165) is 39.1 Å². The smallest absolute Gasteiger partial charge is 0.231 e. The molecule has 0 aliphatic carbocycles. The van der Waals surface area contributed by atoms with Crippen LogP contribution in [0.4, 0.5) is 17.8 Å². The lowest BCUT2D eigenvalue weighted by atomic mass is 10.1. The Morgan fingerprint density at radius 3 is 2.55 bits per heavy atom.